The van der Waals surface area contributed by atoms with E-state index in [0.717, 1.165) is 12.3 Å². The highest BCUT2D eigenvalue weighted by molar-refractivity contribution is 6.04. The van der Waals surface area contributed by atoms with Crippen molar-refractivity contribution < 1.29 is 32.7 Å². The van der Waals surface area contributed by atoms with E-state index in [9.17, 15) is 28.3 Å². The Morgan fingerprint density at radius 2 is 1.86 bits per heavy atom. The lowest BCUT2D eigenvalue weighted by atomic mass is 10.1. The van der Waals surface area contributed by atoms with Gasteiger partial charge in [-0.1, -0.05) is 32.9 Å². The second kappa shape index (κ2) is 13.8. The van der Waals surface area contributed by atoms with Crippen LogP contribution >= 0.6 is 0 Å². The number of alkyl halides is 2. The molecule has 4 aromatic rings. The van der Waals surface area contributed by atoms with Gasteiger partial charge in [0.25, 0.3) is 17.4 Å². The molecular formula is C27H33F2N7O6. The Morgan fingerprint density at radius 1 is 1.14 bits per heavy atom. The van der Waals surface area contributed by atoms with Crippen LogP contribution in [0.15, 0.2) is 51.9 Å². The number of nitrogens with zero attached hydrogens (tertiary/aromatic N) is 5. The number of carbonyl (C=O) groups is 2. The summed E-state index contributed by atoms with van der Waals surface area (Å²) in [6.45, 7) is 6.66. The number of ether oxygens (including phenoxy) is 1. The second-order valence-electron chi connectivity index (χ2n) is 8.46. The molecule has 1 aliphatic heterocycles. The van der Waals surface area contributed by atoms with Crippen LogP contribution in [0.4, 0.5) is 26.1 Å². The number of rotatable bonds is 6. The van der Waals surface area contributed by atoms with Crippen molar-refractivity contribution in [3.05, 3.63) is 58.6 Å². The van der Waals surface area contributed by atoms with Gasteiger partial charge in [-0.15, -0.1) is 5.10 Å². The van der Waals surface area contributed by atoms with Gasteiger partial charge in [0.15, 0.2) is 29.4 Å². The van der Waals surface area contributed by atoms with E-state index in [4.69, 9.17) is 15.0 Å². The highest BCUT2D eigenvalue weighted by Gasteiger charge is 2.40. The van der Waals surface area contributed by atoms with Crippen LogP contribution in [0.25, 0.3) is 16.7 Å². The van der Waals surface area contributed by atoms with Crippen LogP contribution in [0, 0.1) is 6.92 Å². The summed E-state index contributed by atoms with van der Waals surface area (Å²) in [6.07, 6.45) is -2.43. The Balaban J connectivity index is 0.00000116. The second-order valence-corrected chi connectivity index (χ2v) is 8.46. The smallest absolute Gasteiger partial charge is 0.321 e. The first-order valence-corrected chi connectivity index (χ1v) is 13.3. The van der Waals surface area contributed by atoms with Gasteiger partial charge in [-0.3, -0.25) is 23.9 Å². The largest absolute Gasteiger partial charge is 0.380 e. The number of aryl methyl sites for hydroxylation is 1. The Labute approximate surface area is 239 Å². The monoisotopic (exact) mass is 589 g/mol. The first-order chi connectivity index (χ1) is 20.1. The molecule has 1 aromatic carbocycles. The summed E-state index contributed by atoms with van der Waals surface area (Å²) in [5.41, 5.74) is 6.05. The van der Waals surface area contributed by atoms with E-state index in [1.807, 2.05) is 27.7 Å². The van der Waals surface area contributed by atoms with Crippen LogP contribution in [-0.4, -0.2) is 61.8 Å². The number of anilines is 3. The minimum atomic E-state index is -3.04. The number of fused-ring (bicyclic) bond motifs is 1. The highest BCUT2D eigenvalue weighted by atomic mass is 19.3. The standard InChI is InChI=1S/C23H21F2N7O6.2C2H6/c1-11-8-16(28-32(11)13-3-5-17(33)31(10-13)23(24)25)30-6-7-37-19(22(30)36)18(34)21(35)27-12-2-4-14-15(9-12)38-29-20(14)26;2*1-2/h2-5,8-10,18-19,23,34H,6-7H2,1H3,(H2,26,29)(H,27,35);2*1-2H3. The van der Waals surface area contributed by atoms with Gasteiger partial charge >= 0.3 is 6.55 Å². The summed E-state index contributed by atoms with van der Waals surface area (Å²) in [4.78, 5) is 38.8. The van der Waals surface area contributed by atoms with Crippen molar-refractivity contribution in [3.63, 3.8) is 0 Å². The Morgan fingerprint density at radius 3 is 2.55 bits per heavy atom. The number of pyridine rings is 1. The van der Waals surface area contributed by atoms with Gasteiger partial charge in [-0.2, -0.15) is 8.78 Å². The van der Waals surface area contributed by atoms with Crippen molar-refractivity contribution in [1.29, 1.82) is 0 Å². The van der Waals surface area contributed by atoms with Gasteiger partial charge in [0, 0.05) is 35.8 Å². The first-order valence-electron chi connectivity index (χ1n) is 13.3. The minimum absolute atomic E-state index is 0.00772. The van der Waals surface area contributed by atoms with Crippen LogP contribution in [0.3, 0.4) is 0 Å². The molecule has 2 amide bonds. The number of benzene rings is 1. The topological polar surface area (TPSA) is 171 Å². The summed E-state index contributed by atoms with van der Waals surface area (Å²) >= 11 is 0. The summed E-state index contributed by atoms with van der Waals surface area (Å²) in [5, 5.41) is 21.6. The molecule has 1 fully saturated rings. The van der Waals surface area contributed by atoms with E-state index in [0.29, 0.717) is 16.7 Å². The minimum Gasteiger partial charge on any atom is -0.380 e. The normalized spacial score (nSPS) is 15.5. The molecule has 4 heterocycles. The maximum absolute atomic E-state index is 13.2. The van der Waals surface area contributed by atoms with E-state index in [1.54, 1.807) is 13.0 Å². The zero-order valence-electron chi connectivity index (χ0n) is 23.7. The number of nitrogen functional groups attached to an aromatic ring is 1. The third-order valence-electron chi connectivity index (χ3n) is 5.97. The Bertz CT molecular complexity index is 1600. The molecule has 0 saturated carbocycles. The molecule has 0 bridgehead atoms. The average molecular weight is 590 g/mol. The lowest BCUT2D eigenvalue weighted by Crippen LogP contribution is -2.55. The molecule has 0 spiro atoms. The maximum atomic E-state index is 13.2. The number of nitrogens with one attached hydrogen (secondary N) is 1. The van der Waals surface area contributed by atoms with Gasteiger partial charge in [-0.25, -0.2) is 4.68 Å². The molecule has 2 atom stereocenters. The van der Waals surface area contributed by atoms with E-state index in [1.165, 1.54) is 33.8 Å². The first kappa shape index (κ1) is 31.9. The fourth-order valence-electron chi connectivity index (χ4n) is 4.07. The summed E-state index contributed by atoms with van der Waals surface area (Å²) < 4.78 is 38.3. The van der Waals surface area contributed by atoms with Crippen molar-refractivity contribution in [2.75, 3.05) is 29.1 Å². The highest BCUT2D eigenvalue weighted by Crippen LogP contribution is 2.25. The molecule has 0 aliphatic carbocycles. The van der Waals surface area contributed by atoms with Crippen molar-refractivity contribution in [1.82, 2.24) is 19.5 Å². The number of aromatic nitrogens is 4. The SMILES string of the molecule is CC.CC.Cc1cc(N2CCOC(C(O)C(=O)Nc3ccc4c(N)noc4c3)C2=O)nn1-c1ccc(=O)n(C(F)F)c1. The lowest BCUT2D eigenvalue weighted by molar-refractivity contribution is -0.150. The molecular weight excluding hydrogens is 556 g/mol. The molecule has 5 rings (SSSR count). The Hall–Kier alpha value is -4.63. The van der Waals surface area contributed by atoms with Crippen LogP contribution in [0.1, 0.15) is 39.9 Å². The third-order valence-corrected chi connectivity index (χ3v) is 5.97. The number of morpholine rings is 1. The van der Waals surface area contributed by atoms with E-state index >= 15 is 0 Å². The number of aliphatic hydroxyl groups is 1. The number of aliphatic hydroxyl groups excluding tert-OH is 1. The quantitative estimate of drug-likeness (QED) is 0.305. The summed E-state index contributed by atoms with van der Waals surface area (Å²) in [7, 11) is 0. The van der Waals surface area contributed by atoms with E-state index < -0.39 is 36.1 Å². The molecule has 0 radical (unpaired) electrons. The molecule has 4 N–H and O–H groups in total. The van der Waals surface area contributed by atoms with Crippen molar-refractivity contribution >= 4 is 40.1 Å². The number of hydrogen-bond acceptors (Lipinski definition) is 9. The van der Waals surface area contributed by atoms with Gasteiger partial charge < -0.3 is 25.4 Å². The van der Waals surface area contributed by atoms with E-state index in [-0.39, 0.29) is 40.7 Å². The van der Waals surface area contributed by atoms with Crippen LogP contribution in [-0.2, 0) is 14.3 Å². The number of carbonyl (C=O) groups excluding carboxylic acids is 2. The fourth-order valence-corrected chi connectivity index (χ4v) is 4.07. The summed E-state index contributed by atoms with van der Waals surface area (Å²) in [6, 6.07) is 8.42. The zero-order valence-corrected chi connectivity index (χ0v) is 23.7. The molecule has 13 nitrogen and oxygen atoms in total. The van der Waals surface area contributed by atoms with Gasteiger partial charge in [0.1, 0.15) is 0 Å². The number of nitrogens with two attached hydrogens (primary N) is 1. The van der Waals surface area contributed by atoms with E-state index in [2.05, 4.69) is 15.6 Å². The predicted octanol–water partition coefficient (Wildman–Crippen LogP) is 3.24. The molecule has 42 heavy (non-hydrogen) atoms. The predicted molar refractivity (Wildman–Crippen MR) is 152 cm³/mol. The zero-order chi connectivity index (χ0) is 31.1. The molecule has 1 saturated heterocycles. The van der Waals surface area contributed by atoms with Crippen LogP contribution in [0.2, 0.25) is 0 Å². The summed E-state index contributed by atoms with van der Waals surface area (Å²) in [5.74, 6) is -1.28. The molecule has 3 aromatic heterocycles. The molecule has 226 valence electrons. The van der Waals surface area contributed by atoms with Crippen LogP contribution < -0.4 is 21.5 Å². The van der Waals surface area contributed by atoms with Gasteiger partial charge in [0.2, 0.25) is 0 Å². The average Bonchev–Trinajstić information content (AvgIpc) is 3.56. The van der Waals surface area contributed by atoms with Crippen LogP contribution in [0.5, 0.6) is 0 Å². The number of amides is 2. The third kappa shape index (κ3) is 6.47. The Kier molecular flexibility index (Phi) is 10.5. The van der Waals surface area contributed by atoms with Gasteiger partial charge in [0.05, 0.1) is 24.2 Å². The van der Waals surface area contributed by atoms with Crippen molar-refractivity contribution in [2.45, 2.75) is 53.4 Å². The number of hydrogen-bond donors (Lipinski definition) is 3. The molecule has 15 heteroatoms. The van der Waals surface area contributed by atoms with Crippen molar-refractivity contribution in [3.8, 4) is 5.69 Å². The van der Waals surface area contributed by atoms with Gasteiger partial charge in [-0.05, 0) is 25.1 Å². The lowest BCUT2D eigenvalue weighted by Gasteiger charge is -2.32. The molecule has 2 unspecified atom stereocenters. The van der Waals surface area contributed by atoms with Crippen molar-refractivity contribution in [2.24, 2.45) is 0 Å². The number of halogens is 2. The maximum Gasteiger partial charge on any atom is 0.321 e. The molecule has 1 aliphatic rings. The fraction of sp³-hybridized carbons (Fsp3) is 0.370.